The fourth-order valence-electron chi connectivity index (χ4n) is 0.802. The maximum Gasteiger partial charge on any atom is 0.407 e. The molecule has 1 rings (SSSR count). The summed E-state index contributed by atoms with van der Waals surface area (Å²) in [6.07, 6.45) is -5.06. The lowest BCUT2D eigenvalue weighted by atomic mass is 10.3. The third kappa shape index (κ3) is 2.02. The van der Waals surface area contributed by atoms with E-state index in [4.69, 9.17) is 0 Å². The van der Waals surface area contributed by atoms with E-state index in [2.05, 4.69) is 10.7 Å². The van der Waals surface area contributed by atoms with Crippen LogP contribution < -0.4 is 4.72 Å². The molecule has 0 aromatic carbocycles. The van der Waals surface area contributed by atoms with Gasteiger partial charge in [0.15, 0.2) is 0 Å². The van der Waals surface area contributed by atoms with Gasteiger partial charge in [-0.3, -0.25) is 0 Å². The topological polar surface area (TPSA) is 46.2 Å². The third-order valence-electron chi connectivity index (χ3n) is 1.61. The quantitative estimate of drug-likeness (QED) is 0.714. The summed E-state index contributed by atoms with van der Waals surface area (Å²) in [4.78, 5) is 0. The summed E-state index contributed by atoms with van der Waals surface area (Å²) in [5.41, 5.74) is -2.30. The van der Waals surface area contributed by atoms with Crippen LogP contribution in [0.4, 0.5) is 13.2 Å². The molecule has 0 atom stereocenters. The molecular formula is C4H5ClF3NO2S. The predicted octanol–water partition coefficient (Wildman–Crippen LogP) is 1.15. The molecule has 0 bridgehead atoms. The number of rotatable bonds is 2. The lowest BCUT2D eigenvalue weighted by molar-refractivity contribution is -0.160. The van der Waals surface area contributed by atoms with Gasteiger partial charge >= 0.3 is 6.18 Å². The van der Waals surface area contributed by atoms with Crippen LogP contribution in [0.2, 0.25) is 0 Å². The molecule has 1 aliphatic carbocycles. The molecule has 0 spiro atoms. The van der Waals surface area contributed by atoms with Gasteiger partial charge in [-0.15, -0.1) is 0 Å². The smallest absolute Gasteiger partial charge is 0.195 e. The Bertz CT molecular complexity index is 281. The summed E-state index contributed by atoms with van der Waals surface area (Å²) < 4.78 is 58.1. The van der Waals surface area contributed by atoms with Gasteiger partial charge in [-0.2, -0.15) is 26.3 Å². The summed E-state index contributed by atoms with van der Waals surface area (Å²) in [6, 6.07) is 0. The van der Waals surface area contributed by atoms with Gasteiger partial charge in [0.05, 0.1) is 0 Å². The zero-order chi connectivity index (χ0) is 9.62. The lowest BCUT2D eigenvalue weighted by Crippen LogP contribution is -2.46. The van der Waals surface area contributed by atoms with Crippen LogP contribution in [0.25, 0.3) is 0 Å². The minimum absolute atomic E-state index is 0.248. The molecule has 0 amide bonds. The van der Waals surface area contributed by atoms with Gasteiger partial charge < -0.3 is 0 Å². The minimum atomic E-state index is -4.56. The Balaban J connectivity index is 2.76. The molecule has 1 saturated carbocycles. The summed E-state index contributed by atoms with van der Waals surface area (Å²) in [7, 11) is 0.325. The van der Waals surface area contributed by atoms with Crippen LogP contribution in [0.5, 0.6) is 0 Å². The van der Waals surface area contributed by atoms with Gasteiger partial charge in [-0.1, -0.05) is 0 Å². The Morgan fingerprint density at radius 3 is 1.83 bits per heavy atom. The molecule has 1 aliphatic rings. The summed E-state index contributed by atoms with van der Waals surface area (Å²) in [6.45, 7) is 0. The van der Waals surface area contributed by atoms with Crippen molar-refractivity contribution in [3.8, 4) is 0 Å². The Hall–Kier alpha value is -0.0100. The number of alkyl halides is 3. The second-order valence-electron chi connectivity index (χ2n) is 2.62. The first-order chi connectivity index (χ1) is 5.16. The average molecular weight is 224 g/mol. The molecule has 12 heavy (non-hydrogen) atoms. The highest BCUT2D eigenvalue weighted by molar-refractivity contribution is 8.12. The van der Waals surface area contributed by atoms with Crippen molar-refractivity contribution < 1.29 is 21.6 Å². The highest BCUT2D eigenvalue weighted by Gasteiger charge is 2.65. The number of hydrogen-bond acceptors (Lipinski definition) is 2. The first kappa shape index (κ1) is 10.1. The van der Waals surface area contributed by atoms with Crippen LogP contribution in [0.1, 0.15) is 12.8 Å². The molecular weight excluding hydrogens is 219 g/mol. The maximum atomic E-state index is 12.0. The molecule has 0 aromatic heterocycles. The fourth-order valence-corrected chi connectivity index (χ4v) is 2.03. The lowest BCUT2D eigenvalue weighted by Gasteiger charge is -2.17. The van der Waals surface area contributed by atoms with Gasteiger partial charge in [0.1, 0.15) is 5.54 Å². The summed E-state index contributed by atoms with van der Waals surface area (Å²) >= 11 is 0. The first-order valence-corrected chi connectivity index (χ1v) is 5.28. The van der Waals surface area contributed by atoms with Crippen LogP contribution in [0, 0.1) is 0 Å². The summed E-state index contributed by atoms with van der Waals surface area (Å²) in [5, 5.41) is 0. The normalized spacial score (nSPS) is 22.3. The first-order valence-electron chi connectivity index (χ1n) is 2.97. The standard InChI is InChI=1S/C4H5ClF3NO2S/c5-12(10,11)9-3(1-2-3)4(6,7)8/h9H,1-2H2. The van der Waals surface area contributed by atoms with E-state index in [0.29, 0.717) is 0 Å². The van der Waals surface area contributed by atoms with Crippen LogP contribution in [0.15, 0.2) is 0 Å². The third-order valence-corrected chi connectivity index (χ3v) is 2.48. The highest BCUT2D eigenvalue weighted by Crippen LogP contribution is 2.49. The van der Waals surface area contributed by atoms with Crippen molar-refractivity contribution in [3.05, 3.63) is 0 Å². The van der Waals surface area contributed by atoms with Crippen molar-refractivity contribution in [2.45, 2.75) is 24.6 Å². The van der Waals surface area contributed by atoms with E-state index in [0.717, 1.165) is 0 Å². The minimum Gasteiger partial charge on any atom is -0.195 e. The van der Waals surface area contributed by atoms with E-state index >= 15 is 0 Å². The Labute approximate surface area is 71.4 Å². The second kappa shape index (κ2) is 2.49. The van der Waals surface area contributed by atoms with Crippen molar-refractivity contribution in [2.24, 2.45) is 0 Å². The second-order valence-corrected chi connectivity index (χ2v) is 4.92. The van der Waals surface area contributed by atoms with Crippen LogP contribution in [-0.4, -0.2) is 20.1 Å². The molecule has 72 valence electrons. The average Bonchev–Trinajstić information content (AvgIpc) is 2.39. The van der Waals surface area contributed by atoms with Crippen molar-refractivity contribution in [1.82, 2.24) is 4.72 Å². The van der Waals surface area contributed by atoms with E-state index in [9.17, 15) is 21.6 Å². The van der Waals surface area contributed by atoms with Crippen LogP contribution in [0.3, 0.4) is 0 Å². The molecule has 0 radical (unpaired) electrons. The van der Waals surface area contributed by atoms with E-state index in [-0.39, 0.29) is 12.8 Å². The molecule has 1 N–H and O–H groups in total. The van der Waals surface area contributed by atoms with Crippen LogP contribution in [-0.2, 0) is 9.24 Å². The number of hydrogen-bond donors (Lipinski definition) is 1. The molecule has 0 aliphatic heterocycles. The maximum absolute atomic E-state index is 12.0. The van der Waals surface area contributed by atoms with E-state index in [1.54, 1.807) is 0 Å². The van der Waals surface area contributed by atoms with Crippen molar-refractivity contribution in [3.63, 3.8) is 0 Å². The molecule has 0 heterocycles. The predicted molar refractivity (Wildman–Crippen MR) is 35.9 cm³/mol. The molecule has 1 fully saturated rings. The van der Waals surface area contributed by atoms with Crippen molar-refractivity contribution in [1.29, 1.82) is 0 Å². The molecule has 0 unspecified atom stereocenters. The van der Waals surface area contributed by atoms with E-state index in [1.165, 1.54) is 4.72 Å². The van der Waals surface area contributed by atoms with Crippen LogP contribution >= 0.6 is 10.7 Å². The van der Waals surface area contributed by atoms with Crippen molar-refractivity contribution >= 4 is 19.9 Å². The zero-order valence-corrected chi connectivity index (χ0v) is 7.22. The number of nitrogens with one attached hydrogen (secondary N) is 1. The largest absolute Gasteiger partial charge is 0.407 e. The Morgan fingerprint density at radius 2 is 1.75 bits per heavy atom. The number of halogens is 4. The van der Waals surface area contributed by atoms with Gasteiger partial charge in [0.2, 0.25) is 0 Å². The van der Waals surface area contributed by atoms with Crippen molar-refractivity contribution in [2.75, 3.05) is 0 Å². The zero-order valence-electron chi connectivity index (χ0n) is 5.65. The summed E-state index contributed by atoms with van der Waals surface area (Å²) in [5.74, 6) is 0. The van der Waals surface area contributed by atoms with Gasteiger partial charge in [0.25, 0.3) is 9.24 Å². The van der Waals surface area contributed by atoms with E-state index < -0.39 is 21.0 Å². The van der Waals surface area contributed by atoms with Gasteiger partial charge in [-0.05, 0) is 12.8 Å². The molecule has 3 nitrogen and oxygen atoms in total. The van der Waals surface area contributed by atoms with E-state index in [1.807, 2.05) is 0 Å². The molecule has 0 saturated heterocycles. The molecule has 8 heteroatoms. The molecule has 0 aromatic rings. The fraction of sp³-hybridized carbons (Fsp3) is 1.00. The van der Waals surface area contributed by atoms with Gasteiger partial charge in [0, 0.05) is 10.7 Å². The Kier molecular flexibility index (Phi) is 2.09. The Morgan fingerprint density at radius 1 is 1.33 bits per heavy atom. The highest BCUT2D eigenvalue weighted by atomic mass is 35.7. The SMILES string of the molecule is O=S(=O)(Cl)NC1(C(F)(F)F)CC1. The van der Waals surface area contributed by atoms with Gasteiger partial charge in [-0.25, -0.2) is 0 Å². The monoisotopic (exact) mass is 223 g/mol.